The minimum atomic E-state index is -1.44. The van der Waals surface area contributed by atoms with Crippen LogP contribution in [0.5, 0.6) is 0 Å². The molecule has 0 aromatic heterocycles. The third-order valence-corrected chi connectivity index (χ3v) is 2.89. The average Bonchev–Trinajstić information content (AvgIpc) is 2.42. The first-order valence-electron chi connectivity index (χ1n) is 5.61. The van der Waals surface area contributed by atoms with Gasteiger partial charge < -0.3 is 10.4 Å². The number of halogens is 3. The minimum Gasteiger partial charge on any atom is -0.478 e. The van der Waals surface area contributed by atoms with Crippen molar-refractivity contribution in [2.24, 2.45) is 0 Å². The van der Waals surface area contributed by atoms with Crippen molar-refractivity contribution in [3.63, 3.8) is 0 Å². The lowest BCUT2D eigenvalue weighted by molar-refractivity contribution is 0.0696. The SMILES string of the molecule is N#Cc1ccc(Cl)cc1Nc1c(F)cc(C(=O)O)cc1F. The Bertz CT molecular complexity index is 749. The topological polar surface area (TPSA) is 73.1 Å². The van der Waals surface area contributed by atoms with Crippen LogP contribution >= 0.6 is 11.6 Å². The Labute approximate surface area is 123 Å². The summed E-state index contributed by atoms with van der Waals surface area (Å²) < 4.78 is 27.6. The maximum atomic E-state index is 13.8. The number of nitrogens with zero attached hydrogens (tertiary/aromatic N) is 1. The van der Waals surface area contributed by atoms with Crippen LogP contribution in [0.3, 0.4) is 0 Å². The van der Waals surface area contributed by atoms with E-state index in [9.17, 15) is 13.6 Å². The van der Waals surface area contributed by atoms with Gasteiger partial charge in [-0.15, -0.1) is 0 Å². The smallest absolute Gasteiger partial charge is 0.335 e. The number of carbonyl (C=O) groups is 1. The second-order valence-corrected chi connectivity index (χ2v) is 4.48. The molecule has 106 valence electrons. The first kappa shape index (κ1) is 14.8. The number of carboxylic acid groups (broad SMARTS) is 1. The van der Waals surface area contributed by atoms with E-state index in [0.717, 1.165) is 0 Å². The Morgan fingerprint density at radius 1 is 1.24 bits per heavy atom. The summed E-state index contributed by atoms with van der Waals surface area (Å²) >= 11 is 5.77. The van der Waals surface area contributed by atoms with Crippen molar-refractivity contribution < 1.29 is 18.7 Å². The second-order valence-electron chi connectivity index (χ2n) is 4.05. The van der Waals surface area contributed by atoms with Crippen LogP contribution in [0.1, 0.15) is 15.9 Å². The van der Waals surface area contributed by atoms with Gasteiger partial charge in [0.25, 0.3) is 0 Å². The first-order chi connectivity index (χ1) is 9.92. The van der Waals surface area contributed by atoms with E-state index in [1.165, 1.54) is 18.2 Å². The van der Waals surface area contributed by atoms with E-state index < -0.39 is 28.9 Å². The lowest BCUT2D eigenvalue weighted by Crippen LogP contribution is -2.04. The van der Waals surface area contributed by atoms with Gasteiger partial charge in [-0.2, -0.15) is 5.26 Å². The molecule has 0 heterocycles. The summed E-state index contributed by atoms with van der Waals surface area (Å²) in [4.78, 5) is 10.7. The van der Waals surface area contributed by atoms with Crippen molar-refractivity contribution in [2.45, 2.75) is 0 Å². The van der Waals surface area contributed by atoms with Crippen LogP contribution in [0.4, 0.5) is 20.2 Å². The third kappa shape index (κ3) is 3.09. The van der Waals surface area contributed by atoms with Gasteiger partial charge in [0.1, 0.15) is 11.8 Å². The number of rotatable bonds is 3. The van der Waals surface area contributed by atoms with Crippen LogP contribution in [0.25, 0.3) is 0 Å². The van der Waals surface area contributed by atoms with Gasteiger partial charge in [0.05, 0.1) is 16.8 Å². The molecule has 0 aliphatic carbocycles. The number of hydrogen-bond donors (Lipinski definition) is 2. The molecule has 0 atom stereocenters. The fraction of sp³-hybridized carbons (Fsp3) is 0. The molecule has 2 N–H and O–H groups in total. The van der Waals surface area contributed by atoms with Gasteiger partial charge in [-0.25, -0.2) is 13.6 Å². The van der Waals surface area contributed by atoms with E-state index >= 15 is 0 Å². The summed E-state index contributed by atoms with van der Waals surface area (Å²) in [6.07, 6.45) is 0. The number of benzene rings is 2. The number of hydrogen-bond acceptors (Lipinski definition) is 3. The molecule has 0 saturated heterocycles. The van der Waals surface area contributed by atoms with Gasteiger partial charge in [-0.3, -0.25) is 0 Å². The highest BCUT2D eigenvalue weighted by Gasteiger charge is 2.16. The molecule has 0 amide bonds. The standard InChI is InChI=1S/C14H7ClF2N2O2/c15-9-2-1-7(6-18)12(5-9)19-13-10(16)3-8(14(20)21)4-11(13)17/h1-5,19H,(H,20,21). The van der Waals surface area contributed by atoms with Crippen molar-refractivity contribution in [1.82, 2.24) is 0 Å². The molecule has 2 aromatic carbocycles. The summed E-state index contributed by atoms with van der Waals surface area (Å²) in [5.74, 6) is -3.62. The minimum absolute atomic E-state index is 0.117. The molecule has 2 rings (SSSR count). The normalized spacial score (nSPS) is 10.0. The molecule has 2 aromatic rings. The number of nitriles is 1. The van der Waals surface area contributed by atoms with Crippen LogP contribution in [0.2, 0.25) is 5.02 Å². The molecule has 21 heavy (non-hydrogen) atoms. The maximum Gasteiger partial charge on any atom is 0.335 e. The Balaban J connectivity index is 2.48. The summed E-state index contributed by atoms with van der Waals surface area (Å²) in [6.45, 7) is 0. The van der Waals surface area contributed by atoms with Crippen molar-refractivity contribution >= 4 is 28.9 Å². The Kier molecular flexibility index (Phi) is 4.05. The predicted molar refractivity (Wildman–Crippen MR) is 72.8 cm³/mol. The number of aromatic carboxylic acids is 1. The van der Waals surface area contributed by atoms with Crippen LogP contribution < -0.4 is 5.32 Å². The molecule has 0 aliphatic heterocycles. The zero-order chi connectivity index (χ0) is 15.6. The quantitative estimate of drug-likeness (QED) is 0.901. The van der Waals surface area contributed by atoms with Gasteiger partial charge in [0, 0.05) is 5.02 Å². The summed E-state index contributed by atoms with van der Waals surface area (Å²) in [7, 11) is 0. The molecule has 0 saturated carbocycles. The fourth-order valence-corrected chi connectivity index (χ4v) is 1.84. The molecule has 0 unspecified atom stereocenters. The summed E-state index contributed by atoms with van der Waals surface area (Å²) in [6, 6.07) is 7.42. The van der Waals surface area contributed by atoms with Crippen LogP contribution in [-0.4, -0.2) is 11.1 Å². The lowest BCUT2D eigenvalue weighted by atomic mass is 10.1. The maximum absolute atomic E-state index is 13.8. The van der Waals surface area contributed by atoms with E-state index in [0.29, 0.717) is 12.1 Å². The number of nitrogens with one attached hydrogen (secondary N) is 1. The van der Waals surface area contributed by atoms with Crippen molar-refractivity contribution in [2.75, 3.05) is 5.32 Å². The summed E-state index contributed by atoms with van der Waals surface area (Å²) in [5, 5.41) is 20.4. The van der Waals surface area contributed by atoms with Gasteiger partial charge in [-0.05, 0) is 30.3 Å². The molecule has 4 nitrogen and oxygen atoms in total. The lowest BCUT2D eigenvalue weighted by Gasteiger charge is -2.11. The Morgan fingerprint density at radius 3 is 2.38 bits per heavy atom. The number of carboxylic acids is 1. The zero-order valence-electron chi connectivity index (χ0n) is 10.3. The Hall–Kier alpha value is -2.65. The summed E-state index contributed by atoms with van der Waals surface area (Å²) in [5.41, 5.74) is -0.813. The number of anilines is 2. The van der Waals surface area contributed by atoms with E-state index in [-0.39, 0.29) is 16.3 Å². The van der Waals surface area contributed by atoms with Crippen LogP contribution in [0, 0.1) is 23.0 Å². The van der Waals surface area contributed by atoms with Gasteiger partial charge >= 0.3 is 5.97 Å². The van der Waals surface area contributed by atoms with Crippen LogP contribution in [0.15, 0.2) is 30.3 Å². The van der Waals surface area contributed by atoms with Crippen molar-refractivity contribution in [3.8, 4) is 6.07 Å². The van der Waals surface area contributed by atoms with Gasteiger partial charge in [-0.1, -0.05) is 11.6 Å². The van der Waals surface area contributed by atoms with Gasteiger partial charge in [0.2, 0.25) is 0 Å². The molecule has 0 spiro atoms. The van der Waals surface area contributed by atoms with E-state index in [1.807, 2.05) is 6.07 Å². The molecule has 0 bridgehead atoms. The van der Waals surface area contributed by atoms with E-state index in [4.69, 9.17) is 22.0 Å². The zero-order valence-corrected chi connectivity index (χ0v) is 11.1. The highest BCUT2D eigenvalue weighted by Crippen LogP contribution is 2.28. The largest absolute Gasteiger partial charge is 0.478 e. The van der Waals surface area contributed by atoms with Crippen molar-refractivity contribution in [3.05, 3.63) is 58.1 Å². The third-order valence-electron chi connectivity index (χ3n) is 2.65. The van der Waals surface area contributed by atoms with E-state index in [2.05, 4.69) is 5.32 Å². The van der Waals surface area contributed by atoms with Crippen molar-refractivity contribution in [1.29, 1.82) is 5.26 Å². The second kappa shape index (κ2) is 5.77. The molecule has 0 fully saturated rings. The van der Waals surface area contributed by atoms with Gasteiger partial charge in [0.15, 0.2) is 11.6 Å². The fourth-order valence-electron chi connectivity index (χ4n) is 1.67. The highest BCUT2D eigenvalue weighted by molar-refractivity contribution is 6.30. The Morgan fingerprint density at radius 2 is 1.86 bits per heavy atom. The predicted octanol–water partition coefficient (Wildman–Crippen LogP) is 3.93. The molecular weight excluding hydrogens is 302 g/mol. The average molecular weight is 309 g/mol. The molecule has 7 heteroatoms. The van der Waals surface area contributed by atoms with E-state index in [1.54, 1.807) is 0 Å². The van der Waals surface area contributed by atoms with Crippen LogP contribution in [-0.2, 0) is 0 Å². The molecule has 0 aliphatic rings. The monoisotopic (exact) mass is 308 g/mol. The highest BCUT2D eigenvalue weighted by atomic mass is 35.5. The molecule has 0 radical (unpaired) electrons. The molecular formula is C14H7ClF2N2O2. The first-order valence-corrected chi connectivity index (χ1v) is 5.99.